The highest BCUT2D eigenvalue weighted by Crippen LogP contribution is 2.25. The van der Waals surface area contributed by atoms with Gasteiger partial charge in [-0.1, -0.05) is 15.9 Å². The summed E-state index contributed by atoms with van der Waals surface area (Å²) < 4.78 is 1.03. The second-order valence-corrected chi connectivity index (χ2v) is 5.10. The maximum absolute atomic E-state index is 12.1. The van der Waals surface area contributed by atoms with E-state index < -0.39 is 0 Å². The Morgan fingerprint density at radius 3 is 2.56 bits per heavy atom. The van der Waals surface area contributed by atoms with Crippen LogP contribution in [0.4, 0.5) is 10.5 Å². The molecule has 1 heterocycles. The molecule has 1 aromatic rings. The van der Waals surface area contributed by atoms with E-state index in [1.54, 1.807) is 4.90 Å². The number of halogens is 1. The number of benzene rings is 1. The highest BCUT2D eigenvalue weighted by atomic mass is 79.9. The first-order chi connectivity index (χ1) is 7.59. The van der Waals surface area contributed by atoms with Gasteiger partial charge in [-0.15, -0.1) is 0 Å². The van der Waals surface area contributed by atoms with Crippen molar-refractivity contribution in [1.82, 2.24) is 4.90 Å². The molecule has 2 amide bonds. The first-order valence-corrected chi connectivity index (χ1v) is 6.19. The molecule has 0 bridgehead atoms. The Hall–Kier alpha value is -1.03. The van der Waals surface area contributed by atoms with Gasteiger partial charge in [-0.05, 0) is 37.6 Å². The van der Waals surface area contributed by atoms with E-state index in [4.69, 9.17) is 0 Å². The lowest BCUT2D eigenvalue weighted by Crippen LogP contribution is -2.52. The van der Waals surface area contributed by atoms with Crippen LogP contribution >= 0.6 is 15.9 Å². The maximum atomic E-state index is 12.1. The lowest BCUT2D eigenvalue weighted by Gasteiger charge is -2.38. The van der Waals surface area contributed by atoms with Gasteiger partial charge in [-0.25, -0.2) is 4.79 Å². The maximum Gasteiger partial charge on any atom is 0.324 e. The zero-order valence-electron chi connectivity index (χ0n) is 9.48. The van der Waals surface area contributed by atoms with Gasteiger partial charge in [0.25, 0.3) is 0 Å². The van der Waals surface area contributed by atoms with Crippen LogP contribution in [0.5, 0.6) is 0 Å². The van der Waals surface area contributed by atoms with Gasteiger partial charge < -0.3 is 4.90 Å². The number of hydrogen-bond acceptors (Lipinski definition) is 1. The van der Waals surface area contributed by atoms with Gasteiger partial charge in [0.05, 0.1) is 0 Å². The van der Waals surface area contributed by atoms with Crippen molar-refractivity contribution in [3.8, 4) is 0 Å². The Balaban J connectivity index is 2.30. The van der Waals surface area contributed by atoms with E-state index >= 15 is 0 Å². The number of anilines is 1. The molecule has 1 atom stereocenters. The van der Waals surface area contributed by atoms with Crippen molar-refractivity contribution in [3.05, 3.63) is 28.7 Å². The predicted octanol–water partition coefficient (Wildman–Crippen LogP) is 3.10. The van der Waals surface area contributed by atoms with Gasteiger partial charge in [-0.2, -0.15) is 0 Å². The molecule has 4 heteroatoms. The fourth-order valence-corrected chi connectivity index (χ4v) is 2.21. The second kappa shape index (κ2) is 4.45. The topological polar surface area (TPSA) is 23.6 Å². The molecule has 0 saturated carbocycles. The number of rotatable bonds is 1. The standard InChI is InChI=1S/C12H15BrN2O/c1-9-7-8-14(2)12(16)15(9)11-5-3-10(13)4-6-11/h3-6,9H,7-8H2,1-2H3/t9-/m1/s1. The zero-order valence-corrected chi connectivity index (χ0v) is 11.1. The molecule has 1 aliphatic heterocycles. The Bertz CT molecular complexity index is 391. The number of carbonyl (C=O) groups is 1. The van der Waals surface area contributed by atoms with Crippen LogP contribution in [0.15, 0.2) is 28.7 Å². The Kier molecular flexibility index (Phi) is 3.19. The third-order valence-electron chi connectivity index (χ3n) is 2.96. The number of urea groups is 1. The molecule has 3 nitrogen and oxygen atoms in total. The van der Waals surface area contributed by atoms with Gasteiger partial charge in [0.1, 0.15) is 0 Å². The Morgan fingerprint density at radius 2 is 1.94 bits per heavy atom. The molecule has 86 valence electrons. The van der Waals surface area contributed by atoms with Crippen molar-refractivity contribution in [2.75, 3.05) is 18.5 Å². The van der Waals surface area contributed by atoms with Crippen LogP contribution in [0.25, 0.3) is 0 Å². The predicted molar refractivity (Wildman–Crippen MR) is 68.7 cm³/mol. The highest BCUT2D eigenvalue weighted by molar-refractivity contribution is 9.10. The third kappa shape index (κ3) is 2.07. The van der Waals surface area contributed by atoms with Gasteiger partial charge in [-0.3, -0.25) is 4.90 Å². The summed E-state index contributed by atoms with van der Waals surface area (Å²) in [6.07, 6.45) is 1.01. The molecule has 0 aliphatic carbocycles. The molecule has 1 aliphatic rings. The van der Waals surface area contributed by atoms with Gasteiger partial charge in [0.15, 0.2) is 0 Å². The normalized spacial score (nSPS) is 21.4. The first-order valence-electron chi connectivity index (χ1n) is 5.39. The smallest absolute Gasteiger partial charge is 0.324 e. The molecule has 0 aromatic heterocycles. The van der Waals surface area contributed by atoms with E-state index in [1.807, 2.05) is 36.2 Å². The Labute approximate surface area is 104 Å². The minimum Gasteiger partial charge on any atom is -0.327 e. The van der Waals surface area contributed by atoms with Crippen LogP contribution < -0.4 is 4.90 Å². The van der Waals surface area contributed by atoms with E-state index in [0.717, 1.165) is 23.1 Å². The van der Waals surface area contributed by atoms with Crippen molar-refractivity contribution >= 4 is 27.6 Å². The third-order valence-corrected chi connectivity index (χ3v) is 3.49. The molecule has 1 aromatic carbocycles. The van der Waals surface area contributed by atoms with Gasteiger partial charge >= 0.3 is 6.03 Å². The van der Waals surface area contributed by atoms with E-state index in [2.05, 4.69) is 22.9 Å². The number of carbonyl (C=O) groups excluding carboxylic acids is 1. The van der Waals surface area contributed by atoms with E-state index in [0.29, 0.717) is 0 Å². The molecular formula is C12H15BrN2O. The number of hydrogen-bond donors (Lipinski definition) is 0. The number of amides is 2. The van der Waals surface area contributed by atoms with Crippen LogP contribution in [0.1, 0.15) is 13.3 Å². The molecule has 0 spiro atoms. The van der Waals surface area contributed by atoms with Crippen molar-refractivity contribution in [2.45, 2.75) is 19.4 Å². The minimum absolute atomic E-state index is 0.0843. The van der Waals surface area contributed by atoms with Crippen LogP contribution in [-0.2, 0) is 0 Å². The van der Waals surface area contributed by atoms with Crippen molar-refractivity contribution in [1.29, 1.82) is 0 Å². The minimum atomic E-state index is 0.0843. The molecule has 1 saturated heterocycles. The molecule has 16 heavy (non-hydrogen) atoms. The number of nitrogens with zero attached hydrogens (tertiary/aromatic N) is 2. The summed E-state index contributed by atoms with van der Waals surface area (Å²) in [5.41, 5.74) is 0.965. The molecular weight excluding hydrogens is 268 g/mol. The molecule has 2 rings (SSSR count). The average molecular weight is 283 g/mol. The van der Waals surface area contributed by atoms with E-state index in [-0.39, 0.29) is 12.1 Å². The fourth-order valence-electron chi connectivity index (χ4n) is 1.94. The summed E-state index contributed by atoms with van der Waals surface area (Å²) in [5, 5.41) is 0. The summed E-state index contributed by atoms with van der Waals surface area (Å²) in [6.45, 7) is 2.93. The largest absolute Gasteiger partial charge is 0.327 e. The van der Waals surface area contributed by atoms with E-state index in [1.165, 1.54) is 0 Å². The van der Waals surface area contributed by atoms with E-state index in [9.17, 15) is 4.79 Å². The molecule has 0 unspecified atom stereocenters. The van der Waals surface area contributed by atoms with Crippen LogP contribution in [-0.4, -0.2) is 30.6 Å². The SMILES string of the molecule is C[C@@H]1CCN(C)C(=O)N1c1ccc(Br)cc1. The molecule has 0 radical (unpaired) electrons. The zero-order chi connectivity index (χ0) is 11.7. The summed E-state index contributed by atoms with van der Waals surface area (Å²) in [7, 11) is 1.85. The quantitative estimate of drug-likeness (QED) is 0.777. The summed E-state index contributed by atoms with van der Waals surface area (Å²) >= 11 is 3.40. The van der Waals surface area contributed by atoms with Crippen LogP contribution in [0, 0.1) is 0 Å². The van der Waals surface area contributed by atoms with Crippen molar-refractivity contribution in [2.24, 2.45) is 0 Å². The average Bonchev–Trinajstić information content (AvgIpc) is 2.27. The molecule has 1 fully saturated rings. The lowest BCUT2D eigenvalue weighted by molar-refractivity contribution is 0.201. The van der Waals surface area contributed by atoms with Crippen LogP contribution in [0.3, 0.4) is 0 Å². The summed E-state index contributed by atoms with van der Waals surface area (Å²) in [5.74, 6) is 0. The Morgan fingerprint density at radius 1 is 1.31 bits per heavy atom. The highest BCUT2D eigenvalue weighted by Gasteiger charge is 2.29. The fraction of sp³-hybridized carbons (Fsp3) is 0.417. The second-order valence-electron chi connectivity index (χ2n) is 4.19. The lowest BCUT2D eigenvalue weighted by atomic mass is 10.1. The first kappa shape index (κ1) is 11.5. The van der Waals surface area contributed by atoms with Crippen molar-refractivity contribution < 1.29 is 4.79 Å². The van der Waals surface area contributed by atoms with Gasteiger partial charge in [0.2, 0.25) is 0 Å². The van der Waals surface area contributed by atoms with Gasteiger partial charge in [0, 0.05) is 29.8 Å². The van der Waals surface area contributed by atoms with Crippen LogP contribution in [0.2, 0.25) is 0 Å². The van der Waals surface area contributed by atoms with Crippen molar-refractivity contribution in [3.63, 3.8) is 0 Å². The monoisotopic (exact) mass is 282 g/mol. The molecule has 0 N–H and O–H groups in total. The summed E-state index contributed by atoms with van der Waals surface area (Å²) in [6, 6.07) is 8.22. The summed E-state index contributed by atoms with van der Waals surface area (Å²) in [4.78, 5) is 15.7.